The maximum absolute atomic E-state index is 13.2. The van der Waals surface area contributed by atoms with Crippen LogP contribution in [0.1, 0.15) is 37.7 Å². The number of carbonyl (C=O) groups excluding carboxylic acids is 4. The van der Waals surface area contributed by atoms with E-state index < -0.39 is 79.0 Å². The minimum atomic E-state index is -1.71. The molecular formula is C24H36N8O8. The third kappa shape index (κ3) is 13.2. The van der Waals surface area contributed by atoms with Crippen LogP contribution in [-0.2, 0) is 35.2 Å². The molecule has 0 heterocycles. The Morgan fingerprint density at radius 2 is 1.35 bits per heavy atom. The quantitative estimate of drug-likeness (QED) is 0.0488. The highest BCUT2D eigenvalue weighted by molar-refractivity contribution is 5.95. The lowest BCUT2D eigenvalue weighted by molar-refractivity contribution is -0.144. The Morgan fingerprint density at radius 1 is 0.800 bits per heavy atom. The molecule has 0 aliphatic heterocycles. The number of carboxylic acids is 2. The largest absolute Gasteiger partial charge is 0.481 e. The minimum absolute atomic E-state index is 0.0130. The van der Waals surface area contributed by atoms with Crippen LogP contribution in [0.15, 0.2) is 35.3 Å². The van der Waals surface area contributed by atoms with Crippen LogP contribution in [0.2, 0.25) is 0 Å². The Hall–Kier alpha value is -4.73. The van der Waals surface area contributed by atoms with Crippen molar-refractivity contribution >= 4 is 41.5 Å². The van der Waals surface area contributed by atoms with E-state index in [0.717, 1.165) is 5.56 Å². The third-order valence-electron chi connectivity index (χ3n) is 5.51. The molecule has 1 rings (SSSR count). The van der Waals surface area contributed by atoms with Crippen LogP contribution in [-0.4, -0.2) is 82.5 Å². The molecule has 0 bridgehead atoms. The number of nitrogens with zero attached hydrogens (tertiary/aromatic N) is 1. The van der Waals surface area contributed by atoms with Gasteiger partial charge < -0.3 is 49.1 Å². The zero-order valence-corrected chi connectivity index (χ0v) is 21.7. The van der Waals surface area contributed by atoms with Crippen LogP contribution in [0.25, 0.3) is 0 Å². The van der Waals surface area contributed by atoms with Crippen LogP contribution in [0.4, 0.5) is 0 Å². The molecule has 0 radical (unpaired) electrons. The molecule has 0 saturated carbocycles. The predicted octanol–water partition coefficient (Wildman–Crippen LogP) is -3.11. The fourth-order valence-electron chi connectivity index (χ4n) is 3.49. The number of carbonyl (C=O) groups is 6. The lowest BCUT2D eigenvalue weighted by Crippen LogP contribution is -2.57. The van der Waals surface area contributed by atoms with Crippen LogP contribution in [0, 0.1) is 0 Å². The van der Waals surface area contributed by atoms with E-state index in [-0.39, 0.29) is 31.8 Å². The molecule has 0 saturated heterocycles. The SMILES string of the molecule is NC(=O)CC(NC(=O)C(CCC(=O)O)NC(=O)C(CCCN=C(N)N)NC(=O)C(N)Cc1ccccc1)C(=O)O. The van der Waals surface area contributed by atoms with Gasteiger partial charge in [-0.2, -0.15) is 0 Å². The number of rotatable bonds is 18. The number of benzene rings is 1. The predicted molar refractivity (Wildman–Crippen MR) is 142 cm³/mol. The zero-order chi connectivity index (χ0) is 30.2. The number of hydrogen-bond donors (Lipinski definition) is 9. The van der Waals surface area contributed by atoms with Gasteiger partial charge in [-0.3, -0.25) is 29.0 Å². The first-order chi connectivity index (χ1) is 18.8. The summed E-state index contributed by atoms with van der Waals surface area (Å²) in [5.41, 5.74) is 22.5. The number of carboxylic acid groups (broad SMARTS) is 2. The smallest absolute Gasteiger partial charge is 0.326 e. The summed E-state index contributed by atoms with van der Waals surface area (Å²) in [6.07, 6.45) is -1.29. The molecule has 13 N–H and O–H groups in total. The Morgan fingerprint density at radius 3 is 1.88 bits per heavy atom. The summed E-state index contributed by atoms with van der Waals surface area (Å²) in [4.78, 5) is 76.3. The summed E-state index contributed by atoms with van der Waals surface area (Å²) < 4.78 is 0. The van der Waals surface area contributed by atoms with Crippen LogP contribution < -0.4 is 38.9 Å². The van der Waals surface area contributed by atoms with E-state index in [2.05, 4.69) is 20.9 Å². The molecule has 16 heteroatoms. The molecule has 0 aliphatic carbocycles. The molecule has 0 fully saturated rings. The Labute approximate surface area is 229 Å². The van der Waals surface area contributed by atoms with Gasteiger partial charge in [0.15, 0.2) is 5.96 Å². The highest BCUT2D eigenvalue weighted by Gasteiger charge is 2.31. The molecule has 0 aliphatic rings. The van der Waals surface area contributed by atoms with Crippen molar-refractivity contribution in [2.75, 3.05) is 6.54 Å². The van der Waals surface area contributed by atoms with Crippen LogP contribution in [0.5, 0.6) is 0 Å². The third-order valence-corrected chi connectivity index (χ3v) is 5.51. The summed E-state index contributed by atoms with van der Waals surface area (Å²) in [6, 6.07) is 3.43. The average Bonchev–Trinajstić information content (AvgIpc) is 2.87. The lowest BCUT2D eigenvalue weighted by Gasteiger charge is -2.25. The Bertz CT molecular complexity index is 1080. The molecule has 220 valence electrons. The van der Waals surface area contributed by atoms with Gasteiger partial charge in [-0.05, 0) is 31.2 Å². The van der Waals surface area contributed by atoms with Crippen LogP contribution in [0.3, 0.4) is 0 Å². The summed E-state index contributed by atoms with van der Waals surface area (Å²) >= 11 is 0. The summed E-state index contributed by atoms with van der Waals surface area (Å²) in [5, 5.41) is 25.3. The number of nitrogens with one attached hydrogen (secondary N) is 3. The van der Waals surface area contributed by atoms with E-state index in [0.29, 0.717) is 0 Å². The fraction of sp³-hybridized carbons (Fsp3) is 0.458. The molecule has 1 aromatic rings. The maximum atomic E-state index is 13.2. The Kier molecular flexibility index (Phi) is 14.1. The summed E-state index contributed by atoms with van der Waals surface area (Å²) in [7, 11) is 0. The monoisotopic (exact) mass is 564 g/mol. The standard InChI is InChI=1S/C24H36N8O8/c25-14(11-13-5-2-1-3-6-13)20(36)30-15(7-4-10-29-24(27)28)21(37)31-16(8-9-19(34)35)22(38)32-17(23(39)40)12-18(26)33/h1-3,5-6,14-17H,4,7-12,25H2,(H2,26,33)(H,30,36)(H,31,37)(H,32,38)(H,34,35)(H,39,40)(H4,27,28,29). The van der Waals surface area contributed by atoms with Gasteiger partial charge in [-0.25, -0.2) is 4.79 Å². The molecule has 4 unspecified atom stereocenters. The van der Waals surface area contributed by atoms with E-state index >= 15 is 0 Å². The lowest BCUT2D eigenvalue weighted by atomic mass is 10.0. The van der Waals surface area contributed by atoms with Crippen molar-refractivity contribution in [1.29, 1.82) is 0 Å². The number of guanidine groups is 1. The van der Waals surface area contributed by atoms with Gasteiger partial charge in [0, 0.05) is 13.0 Å². The second kappa shape index (κ2) is 17.0. The second-order valence-electron chi connectivity index (χ2n) is 8.87. The molecule has 0 spiro atoms. The molecular weight excluding hydrogens is 528 g/mol. The first-order valence-electron chi connectivity index (χ1n) is 12.3. The molecule has 4 amide bonds. The number of amides is 4. The van der Waals surface area contributed by atoms with Crippen molar-refractivity contribution in [2.45, 2.75) is 62.7 Å². The Balaban J connectivity index is 3.07. The van der Waals surface area contributed by atoms with Gasteiger partial charge in [-0.15, -0.1) is 0 Å². The molecule has 0 aromatic heterocycles. The first kappa shape index (κ1) is 33.3. The van der Waals surface area contributed by atoms with Crippen molar-refractivity contribution in [1.82, 2.24) is 16.0 Å². The van der Waals surface area contributed by atoms with Crippen molar-refractivity contribution in [3.05, 3.63) is 35.9 Å². The van der Waals surface area contributed by atoms with Gasteiger partial charge in [0.1, 0.15) is 18.1 Å². The van der Waals surface area contributed by atoms with Gasteiger partial charge in [0.25, 0.3) is 0 Å². The number of nitrogens with two attached hydrogens (primary N) is 4. The van der Waals surface area contributed by atoms with Crippen LogP contribution >= 0.6 is 0 Å². The van der Waals surface area contributed by atoms with E-state index in [1.165, 1.54) is 0 Å². The van der Waals surface area contributed by atoms with E-state index in [9.17, 15) is 33.9 Å². The number of hydrogen-bond acceptors (Lipinski definition) is 8. The van der Waals surface area contributed by atoms with Gasteiger partial charge in [-0.1, -0.05) is 30.3 Å². The molecule has 4 atom stereocenters. The van der Waals surface area contributed by atoms with E-state index in [4.69, 9.17) is 28.0 Å². The van der Waals surface area contributed by atoms with Crippen molar-refractivity contribution < 1.29 is 39.0 Å². The number of aliphatic imine (C=N–C) groups is 1. The minimum Gasteiger partial charge on any atom is -0.481 e. The van der Waals surface area contributed by atoms with Gasteiger partial charge >= 0.3 is 11.9 Å². The zero-order valence-electron chi connectivity index (χ0n) is 21.7. The fourth-order valence-corrected chi connectivity index (χ4v) is 3.49. The van der Waals surface area contributed by atoms with E-state index in [1.54, 1.807) is 30.3 Å². The maximum Gasteiger partial charge on any atom is 0.326 e. The summed E-state index contributed by atoms with van der Waals surface area (Å²) in [5.74, 6) is -6.61. The molecule has 16 nitrogen and oxygen atoms in total. The van der Waals surface area contributed by atoms with Gasteiger partial charge in [0.05, 0.1) is 12.5 Å². The topological polar surface area (TPSA) is 295 Å². The van der Waals surface area contributed by atoms with Crippen molar-refractivity contribution in [2.24, 2.45) is 27.9 Å². The molecule has 40 heavy (non-hydrogen) atoms. The molecule has 1 aromatic carbocycles. The normalized spacial score (nSPS) is 13.5. The second-order valence-corrected chi connectivity index (χ2v) is 8.87. The van der Waals surface area contributed by atoms with Crippen molar-refractivity contribution in [3.63, 3.8) is 0 Å². The van der Waals surface area contributed by atoms with Crippen molar-refractivity contribution in [3.8, 4) is 0 Å². The summed E-state index contributed by atoms with van der Waals surface area (Å²) in [6.45, 7) is 0.119. The van der Waals surface area contributed by atoms with E-state index in [1.807, 2.05) is 0 Å². The average molecular weight is 565 g/mol. The number of aliphatic carboxylic acids is 2. The number of primary amides is 1. The van der Waals surface area contributed by atoms with Gasteiger partial charge in [0.2, 0.25) is 23.6 Å². The highest BCUT2D eigenvalue weighted by atomic mass is 16.4. The highest BCUT2D eigenvalue weighted by Crippen LogP contribution is 2.07. The first-order valence-corrected chi connectivity index (χ1v) is 12.3.